The molecule has 0 saturated heterocycles. The molecule has 20 heavy (non-hydrogen) atoms. The van der Waals surface area contributed by atoms with Gasteiger partial charge in [0.1, 0.15) is 0 Å². The van der Waals surface area contributed by atoms with E-state index in [2.05, 4.69) is 10.3 Å². The molecule has 0 atom stereocenters. The molecule has 0 bridgehead atoms. The lowest BCUT2D eigenvalue weighted by Crippen LogP contribution is -2.32. The molecule has 1 N–H and O–H groups in total. The second kappa shape index (κ2) is 5.25. The third-order valence-corrected chi connectivity index (χ3v) is 3.41. The van der Waals surface area contributed by atoms with E-state index < -0.39 is 12.0 Å². The van der Waals surface area contributed by atoms with E-state index in [9.17, 15) is 18.0 Å². The number of rotatable bonds is 3. The van der Waals surface area contributed by atoms with E-state index in [-0.39, 0.29) is 30.8 Å². The van der Waals surface area contributed by atoms with Crippen LogP contribution in [0, 0.1) is 0 Å². The van der Waals surface area contributed by atoms with E-state index in [1.54, 1.807) is 0 Å². The Morgan fingerprint density at radius 3 is 2.65 bits per heavy atom. The van der Waals surface area contributed by atoms with Crippen molar-refractivity contribution in [3.63, 3.8) is 0 Å². The second-order valence-electron chi connectivity index (χ2n) is 4.78. The number of nitrogens with zero attached hydrogens (tertiary/aromatic N) is 3. The molecular formula is C11H14ClF3N4O. The molecule has 112 valence electrons. The van der Waals surface area contributed by atoms with Crippen LogP contribution in [-0.4, -0.2) is 28.5 Å². The highest BCUT2D eigenvalue weighted by atomic mass is 35.5. The Hall–Kier alpha value is -1.28. The number of carbonyl (C=O) groups excluding carboxylic acids is 1. The third kappa shape index (κ3) is 2.49. The van der Waals surface area contributed by atoms with Crippen molar-refractivity contribution < 1.29 is 18.0 Å². The van der Waals surface area contributed by atoms with Crippen LogP contribution in [0.2, 0.25) is 0 Å². The quantitative estimate of drug-likeness (QED) is 0.862. The van der Waals surface area contributed by atoms with Crippen LogP contribution in [0.25, 0.3) is 0 Å². The molecule has 5 nitrogen and oxygen atoms in total. The van der Waals surface area contributed by atoms with E-state index in [1.807, 2.05) is 0 Å². The number of hydrogen-bond donors (Lipinski definition) is 1. The zero-order chi connectivity index (χ0) is 13.6. The third-order valence-electron chi connectivity index (χ3n) is 3.41. The molecule has 1 aromatic heterocycles. The molecule has 1 aliphatic carbocycles. The smallest absolute Gasteiger partial charge is 0.320 e. The summed E-state index contributed by atoms with van der Waals surface area (Å²) in [5.41, 5.74) is 0.442. The predicted molar refractivity (Wildman–Crippen MR) is 67.7 cm³/mol. The highest BCUT2D eigenvalue weighted by Crippen LogP contribution is 2.37. The Morgan fingerprint density at radius 2 is 2.10 bits per heavy atom. The van der Waals surface area contributed by atoms with Gasteiger partial charge in [-0.3, -0.25) is 9.69 Å². The van der Waals surface area contributed by atoms with Crippen LogP contribution >= 0.6 is 12.4 Å². The van der Waals surface area contributed by atoms with Crippen LogP contribution in [0.4, 0.5) is 19.0 Å². The number of hydrogen-bond acceptors (Lipinski definition) is 3. The topological polar surface area (TPSA) is 50.2 Å². The van der Waals surface area contributed by atoms with Crippen molar-refractivity contribution in [2.45, 2.75) is 38.1 Å². The van der Waals surface area contributed by atoms with Crippen molar-refractivity contribution in [2.75, 3.05) is 11.4 Å². The number of halogens is 4. The van der Waals surface area contributed by atoms with Crippen LogP contribution in [0.3, 0.4) is 0 Å². The van der Waals surface area contributed by atoms with Crippen molar-refractivity contribution in [1.29, 1.82) is 0 Å². The Labute approximate surface area is 119 Å². The molecule has 1 aliphatic heterocycles. The molecule has 1 amide bonds. The second-order valence-corrected chi connectivity index (χ2v) is 4.78. The van der Waals surface area contributed by atoms with E-state index in [4.69, 9.17) is 0 Å². The minimum atomic E-state index is -4.50. The fourth-order valence-corrected chi connectivity index (χ4v) is 2.37. The van der Waals surface area contributed by atoms with Gasteiger partial charge in [-0.1, -0.05) is 0 Å². The van der Waals surface area contributed by atoms with Crippen molar-refractivity contribution in [3.8, 4) is 0 Å². The maximum Gasteiger partial charge on any atom is 0.449 e. The zero-order valence-electron chi connectivity index (χ0n) is 10.5. The van der Waals surface area contributed by atoms with Gasteiger partial charge in [-0.2, -0.15) is 13.2 Å². The number of nitrogens with one attached hydrogen (secondary N) is 1. The maximum atomic E-state index is 13.0. The average Bonchev–Trinajstić information content (AvgIpc) is 3.10. The minimum absolute atomic E-state index is 0. The average molecular weight is 311 g/mol. The monoisotopic (exact) mass is 310 g/mol. The van der Waals surface area contributed by atoms with Crippen molar-refractivity contribution >= 4 is 24.6 Å². The maximum absolute atomic E-state index is 13.0. The summed E-state index contributed by atoms with van der Waals surface area (Å²) in [7, 11) is 0. The first-order valence-corrected chi connectivity index (χ1v) is 6.13. The van der Waals surface area contributed by atoms with Crippen molar-refractivity contribution in [2.24, 2.45) is 0 Å². The molecule has 0 spiro atoms. The van der Waals surface area contributed by atoms with Gasteiger partial charge < -0.3 is 9.88 Å². The summed E-state index contributed by atoms with van der Waals surface area (Å²) in [6.45, 7) is 0.987. The summed E-state index contributed by atoms with van der Waals surface area (Å²) in [6, 6.07) is 0.000102. The first kappa shape index (κ1) is 15.1. The number of aromatic nitrogens is 2. The molecule has 0 unspecified atom stereocenters. The number of imidazole rings is 1. The number of amides is 1. The summed E-state index contributed by atoms with van der Waals surface area (Å²) in [4.78, 5) is 16.1. The molecule has 3 rings (SSSR count). The molecule has 2 heterocycles. The van der Waals surface area contributed by atoms with Gasteiger partial charge in [-0.25, -0.2) is 4.98 Å². The van der Waals surface area contributed by atoms with Crippen LogP contribution in [0.1, 0.15) is 24.4 Å². The molecule has 1 fully saturated rings. The molecule has 1 aromatic rings. The van der Waals surface area contributed by atoms with Crippen molar-refractivity contribution in [1.82, 2.24) is 14.9 Å². The SMILES string of the molecule is Cl.O=CN(c1nc(C(F)(F)F)n2c1CNCC2)C1CC1. The van der Waals surface area contributed by atoms with Gasteiger partial charge in [-0.15, -0.1) is 12.4 Å². The van der Waals surface area contributed by atoms with Gasteiger partial charge in [0.2, 0.25) is 12.2 Å². The van der Waals surface area contributed by atoms with Crippen LogP contribution < -0.4 is 10.2 Å². The molecule has 9 heteroatoms. The van der Waals surface area contributed by atoms with E-state index in [0.29, 0.717) is 25.2 Å². The molecule has 2 aliphatic rings. The summed E-state index contributed by atoms with van der Waals surface area (Å²) in [5.74, 6) is -0.761. The molecule has 1 saturated carbocycles. The van der Waals surface area contributed by atoms with Crippen LogP contribution in [-0.2, 0) is 24.1 Å². The Bertz CT molecular complexity index is 513. The zero-order valence-corrected chi connectivity index (χ0v) is 11.3. The van der Waals surface area contributed by atoms with Crippen LogP contribution in [0.5, 0.6) is 0 Å². The molecule has 0 aromatic carbocycles. The largest absolute Gasteiger partial charge is 0.449 e. The lowest BCUT2D eigenvalue weighted by molar-refractivity contribution is -0.147. The predicted octanol–water partition coefficient (Wildman–Crippen LogP) is 1.55. The lowest BCUT2D eigenvalue weighted by Gasteiger charge is -2.21. The fourth-order valence-electron chi connectivity index (χ4n) is 2.37. The Balaban J connectivity index is 0.00000147. The van der Waals surface area contributed by atoms with Gasteiger partial charge in [0, 0.05) is 25.7 Å². The van der Waals surface area contributed by atoms with Gasteiger partial charge in [0.25, 0.3) is 0 Å². The number of anilines is 1. The summed E-state index contributed by atoms with van der Waals surface area (Å²) >= 11 is 0. The lowest BCUT2D eigenvalue weighted by atomic mass is 10.3. The van der Waals surface area contributed by atoms with Crippen molar-refractivity contribution in [3.05, 3.63) is 11.5 Å². The Morgan fingerprint density at radius 1 is 1.40 bits per heavy atom. The van der Waals surface area contributed by atoms with E-state index in [0.717, 1.165) is 12.8 Å². The molecular weight excluding hydrogens is 297 g/mol. The summed E-state index contributed by atoms with van der Waals surface area (Å²) < 4.78 is 40.1. The minimum Gasteiger partial charge on any atom is -0.320 e. The normalized spacial score (nSPS) is 18.1. The van der Waals surface area contributed by atoms with Gasteiger partial charge in [0.05, 0.1) is 5.69 Å². The number of carbonyl (C=O) groups is 1. The standard InChI is InChI=1S/C11H13F3N4O.ClH/c12-11(13,14)10-16-9(18(6-19)7-1-2-7)8-5-15-3-4-17(8)10;/h6-7,15H,1-5H2;1H. The number of alkyl halides is 3. The molecule has 0 radical (unpaired) electrons. The van der Waals surface area contributed by atoms with Gasteiger partial charge in [-0.05, 0) is 12.8 Å². The van der Waals surface area contributed by atoms with Crippen LogP contribution in [0.15, 0.2) is 0 Å². The summed E-state index contributed by atoms with van der Waals surface area (Å²) in [5, 5.41) is 3.01. The van der Waals surface area contributed by atoms with Gasteiger partial charge in [0.15, 0.2) is 5.82 Å². The first-order valence-electron chi connectivity index (χ1n) is 6.13. The van der Waals surface area contributed by atoms with E-state index in [1.165, 1.54) is 9.47 Å². The highest BCUT2D eigenvalue weighted by Gasteiger charge is 2.42. The number of fused-ring (bicyclic) bond motifs is 1. The van der Waals surface area contributed by atoms with E-state index >= 15 is 0 Å². The fraction of sp³-hybridized carbons (Fsp3) is 0.636. The highest BCUT2D eigenvalue weighted by molar-refractivity contribution is 5.85. The Kier molecular flexibility index (Phi) is 3.97. The summed E-state index contributed by atoms with van der Waals surface area (Å²) in [6.07, 6.45) is -2.28. The first-order chi connectivity index (χ1) is 9.02. The van der Waals surface area contributed by atoms with Gasteiger partial charge >= 0.3 is 6.18 Å².